The van der Waals surface area contributed by atoms with Crippen molar-refractivity contribution in [3.63, 3.8) is 0 Å². The minimum Gasteiger partial charge on any atom is -0.444 e. The van der Waals surface area contributed by atoms with Crippen LogP contribution in [0.4, 0.5) is 23.9 Å². The number of nitrogens with one attached hydrogen (secondary N) is 2. The molecule has 2 heterocycles. The maximum absolute atomic E-state index is 14.3. The van der Waals surface area contributed by atoms with E-state index in [-0.39, 0.29) is 29.2 Å². The molecule has 2 aromatic heterocycles. The summed E-state index contributed by atoms with van der Waals surface area (Å²) in [6.07, 6.45) is 3.72. The highest BCUT2D eigenvalue weighted by molar-refractivity contribution is 5.94. The van der Waals surface area contributed by atoms with Crippen LogP contribution >= 0.6 is 0 Å². The van der Waals surface area contributed by atoms with Crippen molar-refractivity contribution in [3.05, 3.63) is 89.3 Å². The molecule has 14 heteroatoms. The number of benzene rings is 2. The number of carbonyl (C=O) groups excluding carboxylic acids is 2. The van der Waals surface area contributed by atoms with Crippen molar-refractivity contribution in [2.45, 2.75) is 45.4 Å². The van der Waals surface area contributed by atoms with E-state index in [1.54, 1.807) is 31.6 Å². The molecule has 2 aromatic carbocycles. The van der Waals surface area contributed by atoms with Gasteiger partial charge in [-0.05, 0) is 62.6 Å². The maximum Gasteiger partial charge on any atom is 0.408 e. The average Bonchev–Trinajstić information content (AvgIpc) is 3.40. The number of rotatable bonds is 10. The summed E-state index contributed by atoms with van der Waals surface area (Å²) in [5, 5.41) is 13.4. The predicted molar refractivity (Wildman–Crippen MR) is 147 cm³/mol. The molecule has 0 aliphatic carbocycles. The Kier molecular flexibility index (Phi) is 9.03. The molecule has 0 fully saturated rings. The van der Waals surface area contributed by atoms with Gasteiger partial charge in [0.1, 0.15) is 23.1 Å². The normalized spacial score (nSPS) is 12.0. The van der Waals surface area contributed by atoms with Crippen LogP contribution in [0.5, 0.6) is 0 Å². The minimum atomic E-state index is -1.02. The first-order valence-electron chi connectivity index (χ1n) is 12.9. The Morgan fingerprint density at radius 2 is 1.83 bits per heavy atom. The van der Waals surface area contributed by atoms with Crippen LogP contribution in [-0.2, 0) is 17.7 Å². The molecule has 0 saturated carbocycles. The number of nitrogens with zero attached hydrogens (tertiary/aromatic N) is 5. The quantitative estimate of drug-likeness (QED) is 0.252. The summed E-state index contributed by atoms with van der Waals surface area (Å²) < 4.78 is 49.6. The van der Waals surface area contributed by atoms with Crippen molar-refractivity contribution in [3.8, 4) is 11.1 Å². The van der Waals surface area contributed by atoms with E-state index in [9.17, 15) is 22.8 Å². The van der Waals surface area contributed by atoms with Crippen molar-refractivity contribution in [1.29, 1.82) is 0 Å². The molecule has 0 unspecified atom stereocenters. The molecule has 0 bridgehead atoms. The smallest absolute Gasteiger partial charge is 0.408 e. The Morgan fingerprint density at radius 1 is 1.10 bits per heavy atom. The molecule has 4 rings (SSSR count). The SMILES string of the molecule is CC(C)(C)OC(=O)N[C@@H](Cc1cc(F)cc(F)c1)c1nc(NCCn2ccnn2)ncc1-c1ccc(F)c(C(N)=O)c1. The van der Waals surface area contributed by atoms with Crippen molar-refractivity contribution in [2.24, 2.45) is 5.73 Å². The lowest BCUT2D eigenvalue weighted by Gasteiger charge is -2.25. The number of halogens is 3. The topological polar surface area (TPSA) is 150 Å². The average molecular weight is 583 g/mol. The van der Waals surface area contributed by atoms with Gasteiger partial charge in [-0.15, -0.1) is 5.10 Å². The number of anilines is 1. The first-order chi connectivity index (χ1) is 19.9. The van der Waals surface area contributed by atoms with Gasteiger partial charge in [-0.1, -0.05) is 11.3 Å². The highest BCUT2D eigenvalue weighted by Crippen LogP contribution is 2.31. The van der Waals surface area contributed by atoms with Gasteiger partial charge < -0.3 is 21.1 Å². The Hall–Kier alpha value is -5.01. The second kappa shape index (κ2) is 12.7. The van der Waals surface area contributed by atoms with Gasteiger partial charge in [0, 0.05) is 30.6 Å². The third-order valence-electron chi connectivity index (χ3n) is 5.84. The zero-order chi connectivity index (χ0) is 30.4. The fourth-order valence-corrected chi connectivity index (χ4v) is 4.11. The van der Waals surface area contributed by atoms with E-state index in [1.165, 1.54) is 24.5 Å². The van der Waals surface area contributed by atoms with Gasteiger partial charge in [0.2, 0.25) is 5.95 Å². The van der Waals surface area contributed by atoms with E-state index >= 15 is 0 Å². The van der Waals surface area contributed by atoms with E-state index in [2.05, 4.69) is 30.9 Å². The van der Waals surface area contributed by atoms with Crippen LogP contribution in [0.15, 0.2) is 55.0 Å². The van der Waals surface area contributed by atoms with Crippen LogP contribution in [0.2, 0.25) is 0 Å². The molecule has 4 N–H and O–H groups in total. The van der Waals surface area contributed by atoms with Crippen molar-refractivity contribution < 1.29 is 27.5 Å². The lowest BCUT2D eigenvalue weighted by Crippen LogP contribution is -2.36. The maximum atomic E-state index is 14.3. The number of amides is 2. The van der Waals surface area contributed by atoms with Crippen LogP contribution in [0, 0.1) is 17.5 Å². The van der Waals surface area contributed by atoms with Crippen molar-refractivity contribution in [1.82, 2.24) is 30.3 Å². The van der Waals surface area contributed by atoms with Gasteiger partial charge in [-0.2, -0.15) is 0 Å². The zero-order valence-electron chi connectivity index (χ0n) is 23.1. The summed E-state index contributed by atoms with van der Waals surface area (Å²) in [6.45, 7) is 5.83. The molecule has 1 atom stereocenters. The van der Waals surface area contributed by atoms with Crippen LogP contribution in [0.1, 0.15) is 48.4 Å². The molecule has 4 aromatic rings. The van der Waals surface area contributed by atoms with Crippen LogP contribution < -0.4 is 16.4 Å². The summed E-state index contributed by atoms with van der Waals surface area (Å²) in [4.78, 5) is 33.8. The molecule has 11 nitrogen and oxygen atoms in total. The molecule has 220 valence electrons. The molecule has 2 amide bonds. The number of carbonyl (C=O) groups is 2. The van der Waals surface area contributed by atoms with Crippen molar-refractivity contribution >= 4 is 17.9 Å². The van der Waals surface area contributed by atoms with Gasteiger partial charge in [0.25, 0.3) is 5.91 Å². The third kappa shape index (κ3) is 8.02. The molecule has 0 aliphatic heterocycles. The molecule has 0 spiro atoms. The van der Waals surface area contributed by atoms with Gasteiger partial charge in [-0.25, -0.2) is 27.9 Å². The van der Waals surface area contributed by atoms with Gasteiger partial charge in [0.15, 0.2) is 0 Å². The monoisotopic (exact) mass is 582 g/mol. The Morgan fingerprint density at radius 3 is 2.48 bits per heavy atom. The second-order valence-corrected chi connectivity index (χ2v) is 10.3. The second-order valence-electron chi connectivity index (χ2n) is 10.3. The number of aromatic nitrogens is 5. The Labute approximate surface area is 239 Å². The predicted octanol–water partition coefficient (Wildman–Crippen LogP) is 4.17. The van der Waals surface area contributed by atoms with Gasteiger partial charge in [-0.3, -0.25) is 9.48 Å². The number of hydrogen-bond acceptors (Lipinski definition) is 8. The summed E-state index contributed by atoms with van der Waals surface area (Å²) in [5.41, 5.74) is 5.18. The van der Waals surface area contributed by atoms with Crippen LogP contribution in [0.3, 0.4) is 0 Å². The molecule has 42 heavy (non-hydrogen) atoms. The van der Waals surface area contributed by atoms with Gasteiger partial charge >= 0.3 is 6.09 Å². The largest absolute Gasteiger partial charge is 0.444 e. The number of hydrogen-bond donors (Lipinski definition) is 3. The lowest BCUT2D eigenvalue weighted by molar-refractivity contribution is 0.0502. The van der Waals surface area contributed by atoms with E-state index in [1.807, 2.05) is 0 Å². The number of ether oxygens (including phenoxy) is 1. The molecular weight excluding hydrogens is 553 g/mol. The van der Waals surface area contributed by atoms with Crippen LogP contribution in [-0.4, -0.2) is 49.1 Å². The number of primary amides is 1. The molecule has 0 saturated heterocycles. The highest BCUT2D eigenvalue weighted by Gasteiger charge is 2.26. The first kappa shape index (κ1) is 30.0. The molecule has 0 radical (unpaired) electrons. The number of nitrogens with two attached hydrogens (primary N) is 1. The third-order valence-corrected chi connectivity index (χ3v) is 5.84. The van der Waals surface area contributed by atoms with E-state index in [0.717, 1.165) is 24.3 Å². The summed E-state index contributed by atoms with van der Waals surface area (Å²) in [5.74, 6) is -3.25. The zero-order valence-corrected chi connectivity index (χ0v) is 23.1. The lowest BCUT2D eigenvalue weighted by atomic mass is 9.95. The Bertz CT molecular complexity index is 1560. The summed E-state index contributed by atoms with van der Waals surface area (Å²) >= 11 is 0. The number of alkyl carbamates (subject to hydrolysis) is 1. The highest BCUT2D eigenvalue weighted by atomic mass is 19.1. The van der Waals surface area contributed by atoms with E-state index in [4.69, 9.17) is 10.5 Å². The summed E-state index contributed by atoms with van der Waals surface area (Å²) in [6, 6.07) is 5.69. The fourth-order valence-electron chi connectivity index (χ4n) is 4.11. The first-order valence-corrected chi connectivity index (χ1v) is 12.9. The molecule has 0 aliphatic rings. The summed E-state index contributed by atoms with van der Waals surface area (Å²) in [7, 11) is 0. The van der Waals surface area contributed by atoms with Crippen LogP contribution in [0.25, 0.3) is 11.1 Å². The molecular formula is C28H29F3N8O3. The fraction of sp³-hybridized carbons (Fsp3) is 0.286. The van der Waals surface area contributed by atoms with Gasteiger partial charge in [0.05, 0.1) is 30.0 Å². The van der Waals surface area contributed by atoms with E-state index < -0.39 is 41.1 Å². The Balaban J connectivity index is 1.79. The van der Waals surface area contributed by atoms with E-state index in [0.29, 0.717) is 24.2 Å². The standard InChI is InChI=1S/C28H29F3N8O3/c1-28(2,3)42-27(41)36-23(12-16-10-18(29)14-19(30)11-16)24-21(17-4-5-22(31)20(13-17)25(32)40)15-34-26(37-24)33-6-8-39-9-7-35-38-39/h4-5,7,9-11,13-15,23H,6,8,12H2,1-3H3,(H2,32,40)(H,36,41)(H,33,34,37)/t23-/m0/s1. The van der Waals surface area contributed by atoms with Crippen molar-refractivity contribution in [2.75, 3.05) is 11.9 Å². The minimum absolute atomic E-state index is 0.111.